The second-order valence-corrected chi connectivity index (χ2v) is 9.44. The number of thiophene rings is 1. The summed E-state index contributed by atoms with van der Waals surface area (Å²) in [7, 11) is -1.53. The van der Waals surface area contributed by atoms with Crippen LogP contribution >= 0.6 is 11.3 Å². The van der Waals surface area contributed by atoms with E-state index in [0.717, 1.165) is 18.7 Å². The summed E-state index contributed by atoms with van der Waals surface area (Å²) in [5, 5.41) is 17.4. The molecular weight excluding hydrogens is 372 g/mol. The number of piperazine rings is 1. The van der Waals surface area contributed by atoms with E-state index in [9.17, 15) is 13.5 Å². The fraction of sp³-hybridized carbons (Fsp3) is 0.471. The van der Waals surface area contributed by atoms with Crippen molar-refractivity contribution in [3.05, 3.63) is 40.7 Å². The molecule has 7 nitrogen and oxygen atoms in total. The van der Waals surface area contributed by atoms with Gasteiger partial charge in [-0.15, -0.1) is 0 Å². The third-order valence-electron chi connectivity index (χ3n) is 4.59. The van der Waals surface area contributed by atoms with Crippen molar-refractivity contribution in [2.45, 2.75) is 17.4 Å². The molecule has 2 aromatic rings. The topological polar surface area (TPSA) is 85.8 Å². The minimum atomic E-state index is -3.51. The summed E-state index contributed by atoms with van der Waals surface area (Å²) in [5.74, 6) is 0.526. The van der Waals surface area contributed by atoms with Crippen LogP contribution in [0.1, 0.15) is 12.5 Å². The van der Waals surface area contributed by atoms with Crippen molar-refractivity contribution in [3.8, 4) is 0 Å². The summed E-state index contributed by atoms with van der Waals surface area (Å²) >= 11 is 1.53. The van der Waals surface area contributed by atoms with Gasteiger partial charge in [-0.1, -0.05) is 0 Å². The summed E-state index contributed by atoms with van der Waals surface area (Å²) in [6.07, 6.45) is 1.37. The lowest BCUT2D eigenvalue weighted by atomic mass is 9.99. The molecule has 2 aromatic heterocycles. The molecule has 1 fully saturated rings. The lowest BCUT2D eigenvalue weighted by Crippen LogP contribution is -2.47. The molecular formula is C17H24N4O3S2. The van der Waals surface area contributed by atoms with Gasteiger partial charge < -0.3 is 15.3 Å². The van der Waals surface area contributed by atoms with Crippen molar-refractivity contribution in [3.63, 3.8) is 0 Å². The van der Waals surface area contributed by atoms with Gasteiger partial charge in [0.15, 0.2) is 0 Å². The zero-order chi connectivity index (χ0) is 18.8. The number of anilines is 1. The Hall–Kier alpha value is -1.52. The molecule has 0 radical (unpaired) electrons. The van der Waals surface area contributed by atoms with E-state index in [-0.39, 0.29) is 11.4 Å². The first-order chi connectivity index (χ1) is 12.3. The van der Waals surface area contributed by atoms with E-state index < -0.39 is 15.6 Å². The Morgan fingerprint density at radius 2 is 2.00 bits per heavy atom. The summed E-state index contributed by atoms with van der Waals surface area (Å²) in [6.45, 7) is 4.44. The molecule has 26 heavy (non-hydrogen) atoms. The lowest BCUT2D eigenvalue weighted by Gasteiger charge is -2.31. The first-order valence-electron chi connectivity index (χ1n) is 8.43. The van der Waals surface area contributed by atoms with Crippen molar-refractivity contribution in [2.75, 3.05) is 45.1 Å². The maximum Gasteiger partial charge on any atom is 0.244 e. The van der Waals surface area contributed by atoms with E-state index in [4.69, 9.17) is 0 Å². The van der Waals surface area contributed by atoms with Crippen molar-refractivity contribution in [2.24, 2.45) is 0 Å². The first-order valence-corrected chi connectivity index (χ1v) is 10.8. The van der Waals surface area contributed by atoms with Crippen LogP contribution in [-0.2, 0) is 15.6 Å². The van der Waals surface area contributed by atoms with E-state index >= 15 is 0 Å². The number of aliphatic hydroxyl groups is 1. The Morgan fingerprint density at radius 1 is 1.27 bits per heavy atom. The standard InChI is InChI=1S/C17H24N4O3S2/c1-17(22,14-5-10-25-12-14)13-19-16-4-3-15(11-18-16)26(23,24)21-8-6-20(2)7-9-21/h3-5,10-12,22H,6-9,13H2,1-2H3,(H,18,19). The van der Waals surface area contributed by atoms with Crippen LogP contribution in [0.3, 0.4) is 0 Å². The molecule has 1 aliphatic heterocycles. The van der Waals surface area contributed by atoms with Crippen molar-refractivity contribution >= 4 is 27.2 Å². The molecule has 9 heteroatoms. The molecule has 3 heterocycles. The van der Waals surface area contributed by atoms with Crippen molar-refractivity contribution in [1.82, 2.24) is 14.2 Å². The molecule has 0 bridgehead atoms. The number of nitrogens with one attached hydrogen (secondary N) is 1. The van der Waals surface area contributed by atoms with Crippen LogP contribution < -0.4 is 5.32 Å². The SMILES string of the molecule is CN1CCN(S(=O)(=O)c2ccc(NCC(C)(O)c3ccsc3)nc2)CC1. The fourth-order valence-corrected chi connectivity index (χ4v) is 4.90. The minimum absolute atomic E-state index is 0.192. The zero-order valence-corrected chi connectivity index (χ0v) is 16.6. The number of likely N-dealkylation sites (N-methyl/N-ethyl adjacent to an activating group) is 1. The van der Waals surface area contributed by atoms with Gasteiger partial charge in [-0.25, -0.2) is 13.4 Å². The molecule has 0 aromatic carbocycles. The third-order valence-corrected chi connectivity index (χ3v) is 7.16. The summed E-state index contributed by atoms with van der Waals surface area (Å²) < 4.78 is 26.9. The van der Waals surface area contributed by atoms with Crippen LogP contribution in [0.5, 0.6) is 0 Å². The highest BCUT2D eigenvalue weighted by molar-refractivity contribution is 7.89. The van der Waals surface area contributed by atoms with Gasteiger partial charge in [0, 0.05) is 38.9 Å². The van der Waals surface area contributed by atoms with Gasteiger partial charge in [0.25, 0.3) is 0 Å². The predicted octanol–water partition coefficient (Wildman–Crippen LogP) is 1.40. The van der Waals surface area contributed by atoms with Crippen molar-refractivity contribution in [1.29, 1.82) is 0 Å². The highest BCUT2D eigenvalue weighted by Gasteiger charge is 2.28. The molecule has 1 saturated heterocycles. The molecule has 1 atom stereocenters. The Bertz CT molecular complexity index is 812. The largest absolute Gasteiger partial charge is 0.384 e. The van der Waals surface area contributed by atoms with Gasteiger partial charge >= 0.3 is 0 Å². The minimum Gasteiger partial charge on any atom is -0.384 e. The van der Waals surface area contributed by atoms with Crippen LogP contribution in [0.25, 0.3) is 0 Å². The summed E-state index contributed by atoms with van der Waals surface area (Å²) in [4.78, 5) is 6.50. The van der Waals surface area contributed by atoms with E-state index in [2.05, 4.69) is 15.2 Å². The maximum absolute atomic E-state index is 12.7. The average molecular weight is 397 g/mol. The summed E-state index contributed by atoms with van der Waals surface area (Å²) in [5.41, 5.74) is -0.184. The second-order valence-electron chi connectivity index (χ2n) is 6.73. The Balaban J connectivity index is 1.65. The van der Waals surface area contributed by atoms with Crippen LogP contribution in [0.15, 0.2) is 40.1 Å². The van der Waals surface area contributed by atoms with Gasteiger partial charge in [0.1, 0.15) is 16.3 Å². The van der Waals surface area contributed by atoms with Gasteiger partial charge in [-0.05, 0) is 48.5 Å². The number of nitrogens with zero attached hydrogens (tertiary/aromatic N) is 3. The van der Waals surface area contributed by atoms with Crippen LogP contribution in [-0.4, -0.2) is 67.5 Å². The van der Waals surface area contributed by atoms with E-state index in [1.807, 2.05) is 23.9 Å². The maximum atomic E-state index is 12.7. The zero-order valence-electron chi connectivity index (χ0n) is 14.9. The number of rotatable bonds is 6. The molecule has 3 rings (SSSR count). The van der Waals surface area contributed by atoms with Crippen LogP contribution in [0.2, 0.25) is 0 Å². The molecule has 0 amide bonds. The van der Waals surface area contributed by atoms with Gasteiger partial charge in [-0.2, -0.15) is 15.6 Å². The molecule has 1 unspecified atom stereocenters. The fourth-order valence-electron chi connectivity index (χ4n) is 2.75. The normalized spacial score (nSPS) is 19.2. The van der Waals surface area contributed by atoms with E-state index in [0.29, 0.717) is 18.9 Å². The monoisotopic (exact) mass is 396 g/mol. The second kappa shape index (κ2) is 7.61. The van der Waals surface area contributed by atoms with Gasteiger partial charge in [-0.3, -0.25) is 0 Å². The lowest BCUT2D eigenvalue weighted by molar-refractivity contribution is 0.0719. The number of sulfonamides is 1. The molecule has 1 aliphatic rings. The molecule has 0 spiro atoms. The predicted molar refractivity (Wildman–Crippen MR) is 103 cm³/mol. The Kier molecular flexibility index (Phi) is 5.64. The third kappa shape index (κ3) is 4.24. The summed E-state index contributed by atoms with van der Waals surface area (Å²) in [6, 6.07) is 5.07. The first kappa shape index (κ1) is 19.2. The van der Waals surface area contributed by atoms with Crippen LogP contribution in [0, 0.1) is 0 Å². The van der Waals surface area contributed by atoms with Crippen LogP contribution in [0.4, 0.5) is 5.82 Å². The number of aromatic nitrogens is 1. The molecule has 0 aliphatic carbocycles. The van der Waals surface area contributed by atoms with Gasteiger partial charge in [0.2, 0.25) is 10.0 Å². The van der Waals surface area contributed by atoms with E-state index in [1.54, 1.807) is 19.1 Å². The van der Waals surface area contributed by atoms with Crippen molar-refractivity contribution < 1.29 is 13.5 Å². The highest BCUT2D eigenvalue weighted by Crippen LogP contribution is 2.24. The Morgan fingerprint density at radius 3 is 2.58 bits per heavy atom. The van der Waals surface area contributed by atoms with E-state index in [1.165, 1.54) is 21.8 Å². The molecule has 142 valence electrons. The smallest absolute Gasteiger partial charge is 0.244 e. The average Bonchev–Trinajstić information content (AvgIpc) is 3.16. The number of hydrogen-bond acceptors (Lipinski definition) is 7. The molecule has 2 N–H and O–H groups in total. The number of pyridine rings is 1. The van der Waals surface area contributed by atoms with Gasteiger partial charge in [0.05, 0.1) is 0 Å². The Labute approximate surface area is 158 Å². The number of hydrogen-bond donors (Lipinski definition) is 2. The quantitative estimate of drug-likeness (QED) is 0.768. The highest BCUT2D eigenvalue weighted by atomic mass is 32.2. The molecule has 0 saturated carbocycles.